The van der Waals surface area contributed by atoms with Crippen molar-refractivity contribution in [3.63, 3.8) is 0 Å². The van der Waals surface area contributed by atoms with Crippen LogP contribution in [-0.2, 0) is 9.59 Å². The van der Waals surface area contributed by atoms with E-state index in [4.69, 9.17) is 11.5 Å². The van der Waals surface area contributed by atoms with Crippen LogP contribution in [0.15, 0.2) is 11.6 Å². The van der Waals surface area contributed by atoms with Crippen molar-refractivity contribution in [1.82, 2.24) is 0 Å². The Bertz CT molecular complexity index is 835. The van der Waals surface area contributed by atoms with E-state index in [-0.39, 0.29) is 40.0 Å². The molecule has 0 radical (unpaired) electrons. The van der Waals surface area contributed by atoms with Crippen LogP contribution < -0.4 is 11.5 Å². The Morgan fingerprint density at radius 3 is 2.24 bits per heavy atom. The Kier molecular flexibility index (Phi) is 6.43. The van der Waals surface area contributed by atoms with Crippen molar-refractivity contribution in [2.24, 2.45) is 63.2 Å². The number of rotatable bonds is 1. The molecule has 0 aromatic rings. The average molecular weight is 457 g/mol. The first kappa shape index (κ1) is 24.9. The molecule has 4 saturated carbocycles. The molecule has 0 bridgehead atoms. The van der Waals surface area contributed by atoms with Crippen LogP contribution in [0.2, 0.25) is 0 Å². The van der Waals surface area contributed by atoms with Gasteiger partial charge in [-0.05, 0) is 104 Å². The number of hydrogen-bond donors (Lipinski definition) is 2. The van der Waals surface area contributed by atoms with Crippen LogP contribution >= 0.6 is 0 Å². The molecule has 5 rings (SSSR count). The fraction of sp³-hybridized carbons (Fsp3) is 0.862. The van der Waals surface area contributed by atoms with Crippen LogP contribution in [0.25, 0.3) is 0 Å². The maximum atomic E-state index is 13.9. The van der Waals surface area contributed by atoms with Gasteiger partial charge in [-0.2, -0.15) is 0 Å². The van der Waals surface area contributed by atoms with Gasteiger partial charge in [-0.25, -0.2) is 0 Å². The summed E-state index contributed by atoms with van der Waals surface area (Å²) in [4.78, 5) is 26.0. The highest BCUT2D eigenvalue weighted by atomic mass is 16.1. The first-order chi connectivity index (χ1) is 15.5. The van der Waals surface area contributed by atoms with Crippen molar-refractivity contribution in [2.75, 3.05) is 0 Å². The van der Waals surface area contributed by atoms with Crippen LogP contribution in [0.1, 0.15) is 99.3 Å². The highest BCUT2D eigenvalue weighted by molar-refractivity contribution is 5.95. The van der Waals surface area contributed by atoms with Crippen LogP contribution in [0.5, 0.6) is 0 Å². The quantitative estimate of drug-likeness (QED) is 0.536. The molecule has 186 valence electrons. The minimum absolute atomic E-state index is 0.0349. The Balaban J connectivity index is 0.00000126. The number of primary amides is 1. The van der Waals surface area contributed by atoms with E-state index in [0.29, 0.717) is 29.5 Å². The van der Waals surface area contributed by atoms with Crippen LogP contribution in [0, 0.1) is 51.8 Å². The van der Waals surface area contributed by atoms with Crippen molar-refractivity contribution in [1.29, 1.82) is 0 Å². The number of amides is 1. The Hall–Kier alpha value is -1.16. The van der Waals surface area contributed by atoms with Gasteiger partial charge in [-0.1, -0.05) is 47.1 Å². The van der Waals surface area contributed by atoms with E-state index < -0.39 is 0 Å². The van der Waals surface area contributed by atoms with Gasteiger partial charge in [-0.3, -0.25) is 9.59 Å². The number of ketones is 1. The smallest absolute Gasteiger partial charge is 0.220 e. The highest BCUT2D eigenvalue weighted by Gasteiger charge is 2.64. The normalized spacial score (nSPS) is 50.9. The van der Waals surface area contributed by atoms with Gasteiger partial charge < -0.3 is 11.5 Å². The van der Waals surface area contributed by atoms with Crippen molar-refractivity contribution in [3.05, 3.63) is 11.6 Å². The molecule has 0 saturated heterocycles. The van der Waals surface area contributed by atoms with Gasteiger partial charge in [0.25, 0.3) is 0 Å². The van der Waals surface area contributed by atoms with E-state index in [2.05, 4.69) is 33.8 Å². The SMILES string of the molecule is CC.C[C@@H]1C(N)CCC2(C)C1CCC1(C)C3CCC4(C)CCC(C(N)=O)CC4C3=CC(=O)C12. The van der Waals surface area contributed by atoms with Crippen LogP contribution in [0.3, 0.4) is 0 Å². The maximum absolute atomic E-state index is 13.9. The second-order valence-electron chi connectivity index (χ2n) is 12.9. The molecule has 4 fully saturated rings. The summed E-state index contributed by atoms with van der Waals surface area (Å²) in [7, 11) is 0. The molecule has 4 N–H and O–H groups in total. The van der Waals surface area contributed by atoms with Crippen LogP contribution in [-0.4, -0.2) is 17.7 Å². The van der Waals surface area contributed by atoms with Gasteiger partial charge in [0.05, 0.1) is 0 Å². The number of allylic oxidation sites excluding steroid dienone is 2. The summed E-state index contributed by atoms with van der Waals surface area (Å²) in [5.41, 5.74) is 13.9. The third-order valence-electron chi connectivity index (χ3n) is 11.5. The van der Waals surface area contributed by atoms with E-state index >= 15 is 0 Å². The van der Waals surface area contributed by atoms with Gasteiger partial charge in [0.15, 0.2) is 5.78 Å². The van der Waals surface area contributed by atoms with Gasteiger partial charge >= 0.3 is 0 Å². The van der Waals surface area contributed by atoms with Gasteiger partial charge in [0.2, 0.25) is 5.91 Å². The first-order valence-electron chi connectivity index (χ1n) is 13.8. The zero-order valence-corrected chi connectivity index (χ0v) is 22.0. The van der Waals surface area contributed by atoms with E-state index in [0.717, 1.165) is 38.5 Å². The molecular weight excluding hydrogens is 408 g/mol. The third-order valence-corrected chi connectivity index (χ3v) is 11.5. The third kappa shape index (κ3) is 3.56. The minimum Gasteiger partial charge on any atom is -0.369 e. The molecule has 0 spiro atoms. The second-order valence-corrected chi connectivity index (χ2v) is 12.9. The lowest BCUT2D eigenvalue weighted by molar-refractivity contribution is -0.160. The van der Waals surface area contributed by atoms with E-state index in [1.807, 2.05) is 13.8 Å². The molecule has 0 heterocycles. The standard InChI is InChI=1S/C27H42N2O2.C2H6/c1-15-18-7-11-27(4)19-6-10-25(2)9-5-16(24(29)31)13-20(25)17(19)14-22(30)23(27)26(18,3)12-8-21(15)28;1-2/h14-16,18-21,23H,5-13,28H2,1-4H3,(H2,29,31);1-2H3/t15-,16?,18?,19?,20?,21?,23?,25?,26?,27?;/m0./s1. The molecule has 10 atom stereocenters. The lowest BCUT2D eigenvalue weighted by atomic mass is 9.38. The fourth-order valence-electron chi connectivity index (χ4n) is 9.67. The van der Waals surface area contributed by atoms with Gasteiger partial charge in [0.1, 0.15) is 0 Å². The average Bonchev–Trinajstić information content (AvgIpc) is 2.77. The summed E-state index contributed by atoms with van der Waals surface area (Å²) >= 11 is 0. The Labute approximate surface area is 201 Å². The number of hydrogen-bond acceptors (Lipinski definition) is 3. The van der Waals surface area contributed by atoms with E-state index in [1.165, 1.54) is 24.8 Å². The number of nitrogens with two attached hydrogens (primary N) is 2. The van der Waals surface area contributed by atoms with E-state index in [9.17, 15) is 9.59 Å². The predicted molar refractivity (Wildman–Crippen MR) is 134 cm³/mol. The summed E-state index contributed by atoms with van der Waals surface area (Å²) in [5.74, 6) is 2.15. The highest BCUT2D eigenvalue weighted by Crippen LogP contribution is 2.69. The molecule has 0 aliphatic heterocycles. The summed E-state index contributed by atoms with van der Waals surface area (Å²) in [6.45, 7) is 13.6. The predicted octanol–water partition coefficient (Wildman–Crippen LogP) is 5.64. The van der Waals surface area contributed by atoms with E-state index in [1.54, 1.807) is 0 Å². The molecule has 9 unspecified atom stereocenters. The lowest BCUT2D eigenvalue weighted by Gasteiger charge is -2.65. The largest absolute Gasteiger partial charge is 0.369 e. The molecule has 4 nitrogen and oxygen atoms in total. The summed E-state index contributed by atoms with van der Waals surface area (Å²) in [5, 5.41) is 0. The van der Waals surface area contributed by atoms with Crippen molar-refractivity contribution in [3.8, 4) is 0 Å². The summed E-state index contributed by atoms with van der Waals surface area (Å²) in [6, 6.07) is 0.274. The number of fused-ring (bicyclic) bond motifs is 7. The first-order valence-corrected chi connectivity index (χ1v) is 13.8. The molecule has 0 aromatic carbocycles. The molecular formula is C29H48N2O2. The molecule has 4 heteroatoms. The zero-order chi connectivity index (χ0) is 24.3. The monoisotopic (exact) mass is 456 g/mol. The fourth-order valence-corrected chi connectivity index (χ4v) is 9.67. The van der Waals surface area contributed by atoms with Crippen LogP contribution in [0.4, 0.5) is 0 Å². The molecule has 5 aliphatic carbocycles. The summed E-state index contributed by atoms with van der Waals surface area (Å²) < 4.78 is 0. The minimum atomic E-state index is -0.156. The number of carbonyl (C=O) groups excluding carboxylic acids is 2. The maximum Gasteiger partial charge on any atom is 0.220 e. The van der Waals surface area contributed by atoms with Gasteiger partial charge in [0, 0.05) is 17.9 Å². The zero-order valence-electron chi connectivity index (χ0n) is 22.0. The number of carbonyl (C=O) groups is 2. The molecule has 33 heavy (non-hydrogen) atoms. The second kappa shape index (κ2) is 8.50. The Morgan fingerprint density at radius 2 is 1.58 bits per heavy atom. The molecule has 1 amide bonds. The summed E-state index contributed by atoms with van der Waals surface area (Å²) in [6.07, 6.45) is 11.7. The molecule has 0 aromatic heterocycles. The Morgan fingerprint density at radius 1 is 0.939 bits per heavy atom. The van der Waals surface area contributed by atoms with Gasteiger partial charge in [-0.15, -0.1) is 0 Å². The topological polar surface area (TPSA) is 86.2 Å². The lowest BCUT2D eigenvalue weighted by Crippen LogP contribution is -2.62. The molecule has 5 aliphatic rings. The van der Waals surface area contributed by atoms with Crippen molar-refractivity contribution >= 4 is 11.7 Å². The van der Waals surface area contributed by atoms with Crippen molar-refractivity contribution < 1.29 is 9.59 Å². The van der Waals surface area contributed by atoms with Crippen molar-refractivity contribution in [2.45, 2.75) is 105 Å².